The number of hydrogen-bond donors (Lipinski definition) is 1. The summed E-state index contributed by atoms with van der Waals surface area (Å²) in [6.45, 7) is 0.498. The van der Waals surface area contributed by atoms with Gasteiger partial charge in [0.2, 0.25) is 5.91 Å². The van der Waals surface area contributed by atoms with Crippen molar-refractivity contribution in [3.8, 4) is 0 Å². The Morgan fingerprint density at radius 1 is 1.04 bits per heavy atom. The standard InChI is InChI=1S/C17H24F3NO3/c18-17(19,20)12-6-4-10(5-7-12)8-14(22)21-9-11-2-1-3-13(11)15(21)16(23)24/h10-13,15H,1-9H2,(H,23,24). The Kier molecular flexibility index (Phi) is 4.80. The minimum absolute atomic E-state index is 0.0485. The Bertz CT molecular complexity index is 500. The average Bonchev–Trinajstić information content (AvgIpc) is 3.06. The lowest BCUT2D eigenvalue weighted by Gasteiger charge is -2.31. The van der Waals surface area contributed by atoms with E-state index < -0.39 is 24.1 Å². The molecule has 3 rings (SSSR count). The Labute approximate surface area is 139 Å². The van der Waals surface area contributed by atoms with Crippen LogP contribution in [-0.2, 0) is 9.59 Å². The van der Waals surface area contributed by atoms with Crippen molar-refractivity contribution in [2.24, 2.45) is 23.7 Å². The summed E-state index contributed by atoms with van der Waals surface area (Å²) in [5.41, 5.74) is 0. The first-order valence-electron chi connectivity index (χ1n) is 8.86. The fourth-order valence-electron chi connectivity index (χ4n) is 4.94. The zero-order valence-electron chi connectivity index (χ0n) is 13.6. The predicted molar refractivity (Wildman–Crippen MR) is 80.1 cm³/mol. The van der Waals surface area contributed by atoms with Crippen LogP contribution in [0.5, 0.6) is 0 Å². The second-order valence-electron chi connectivity index (χ2n) is 7.65. The maximum atomic E-state index is 12.7. The molecule has 3 fully saturated rings. The van der Waals surface area contributed by atoms with Crippen LogP contribution < -0.4 is 0 Å². The van der Waals surface area contributed by atoms with Crippen LogP contribution in [0, 0.1) is 23.7 Å². The Morgan fingerprint density at radius 2 is 1.71 bits per heavy atom. The SMILES string of the molecule is O=C(O)C1C2CCCC2CN1C(=O)CC1CCC(C(F)(F)F)CC1. The largest absolute Gasteiger partial charge is 0.480 e. The number of carbonyl (C=O) groups is 2. The summed E-state index contributed by atoms with van der Waals surface area (Å²) < 4.78 is 38.1. The number of carboxylic acid groups (broad SMARTS) is 1. The van der Waals surface area contributed by atoms with Gasteiger partial charge >= 0.3 is 12.1 Å². The summed E-state index contributed by atoms with van der Waals surface area (Å²) in [6.07, 6.45) is -0.171. The van der Waals surface area contributed by atoms with Gasteiger partial charge in [0.05, 0.1) is 5.92 Å². The molecule has 0 spiro atoms. The van der Waals surface area contributed by atoms with E-state index in [1.165, 1.54) is 4.90 Å². The van der Waals surface area contributed by atoms with E-state index in [4.69, 9.17) is 0 Å². The van der Waals surface area contributed by atoms with Crippen molar-refractivity contribution in [1.82, 2.24) is 4.90 Å². The van der Waals surface area contributed by atoms with Crippen molar-refractivity contribution in [3.05, 3.63) is 0 Å². The third-order valence-corrected chi connectivity index (χ3v) is 6.24. The van der Waals surface area contributed by atoms with Crippen LogP contribution in [0.1, 0.15) is 51.4 Å². The van der Waals surface area contributed by atoms with Gasteiger partial charge in [0.1, 0.15) is 6.04 Å². The molecule has 24 heavy (non-hydrogen) atoms. The first kappa shape index (κ1) is 17.5. The maximum Gasteiger partial charge on any atom is 0.391 e. The number of fused-ring (bicyclic) bond motifs is 1. The number of alkyl halides is 3. The molecule has 1 N–H and O–H groups in total. The van der Waals surface area contributed by atoms with E-state index in [1.807, 2.05) is 0 Å². The maximum absolute atomic E-state index is 12.7. The van der Waals surface area contributed by atoms with Crippen LogP contribution in [0.2, 0.25) is 0 Å². The molecular weight excluding hydrogens is 323 g/mol. The first-order chi connectivity index (χ1) is 11.3. The highest BCUT2D eigenvalue weighted by molar-refractivity contribution is 5.85. The van der Waals surface area contributed by atoms with Crippen molar-refractivity contribution in [2.45, 2.75) is 63.6 Å². The molecule has 3 aliphatic rings. The van der Waals surface area contributed by atoms with Gasteiger partial charge in [-0.1, -0.05) is 6.42 Å². The molecule has 3 atom stereocenters. The molecule has 7 heteroatoms. The highest BCUT2D eigenvalue weighted by Crippen LogP contribution is 2.44. The summed E-state index contributed by atoms with van der Waals surface area (Å²) in [7, 11) is 0. The van der Waals surface area contributed by atoms with Gasteiger partial charge in [-0.15, -0.1) is 0 Å². The molecule has 1 saturated heterocycles. The molecule has 4 nitrogen and oxygen atoms in total. The third kappa shape index (κ3) is 3.40. The third-order valence-electron chi connectivity index (χ3n) is 6.24. The minimum atomic E-state index is -4.14. The van der Waals surface area contributed by atoms with Crippen LogP contribution in [-0.4, -0.2) is 40.6 Å². The number of halogens is 3. The first-order valence-corrected chi connectivity index (χ1v) is 8.86. The number of nitrogens with zero attached hydrogens (tertiary/aromatic N) is 1. The van der Waals surface area contributed by atoms with Gasteiger partial charge < -0.3 is 10.0 Å². The van der Waals surface area contributed by atoms with Crippen LogP contribution in [0.4, 0.5) is 13.2 Å². The molecule has 1 aliphatic heterocycles. The molecule has 1 amide bonds. The molecule has 0 radical (unpaired) electrons. The normalized spacial score (nSPS) is 36.6. The molecule has 2 aliphatic carbocycles. The number of hydrogen-bond acceptors (Lipinski definition) is 2. The summed E-state index contributed by atoms with van der Waals surface area (Å²) in [5, 5.41) is 9.49. The lowest BCUT2D eigenvalue weighted by Crippen LogP contribution is -2.44. The molecule has 3 unspecified atom stereocenters. The second-order valence-corrected chi connectivity index (χ2v) is 7.65. The van der Waals surface area contributed by atoms with Crippen molar-refractivity contribution in [3.63, 3.8) is 0 Å². The smallest absolute Gasteiger partial charge is 0.391 e. The van der Waals surface area contributed by atoms with E-state index in [2.05, 4.69) is 0 Å². The topological polar surface area (TPSA) is 57.6 Å². The number of carbonyl (C=O) groups excluding carboxylic acids is 1. The monoisotopic (exact) mass is 347 g/mol. The summed E-state index contributed by atoms with van der Waals surface area (Å²) in [4.78, 5) is 25.7. The quantitative estimate of drug-likeness (QED) is 0.851. The Hall–Kier alpha value is -1.27. The summed E-state index contributed by atoms with van der Waals surface area (Å²) >= 11 is 0. The van der Waals surface area contributed by atoms with Crippen LogP contribution in [0.15, 0.2) is 0 Å². The van der Waals surface area contributed by atoms with Crippen molar-refractivity contribution < 1.29 is 27.9 Å². The van der Waals surface area contributed by atoms with Crippen LogP contribution >= 0.6 is 0 Å². The van der Waals surface area contributed by atoms with Gasteiger partial charge in [-0.05, 0) is 56.3 Å². The Balaban J connectivity index is 1.57. The van der Waals surface area contributed by atoms with Gasteiger partial charge in [0.15, 0.2) is 0 Å². The zero-order valence-corrected chi connectivity index (χ0v) is 13.6. The van der Waals surface area contributed by atoms with Gasteiger partial charge in [-0.25, -0.2) is 4.79 Å². The highest BCUT2D eigenvalue weighted by atomic mass is 19.4. The highest BCUT2D eigenvalue weighted by Gasteiger charge is 2.49. The van der Waals surface area contributed by atoms with E-state index >= 15 is 0 Å². The minimum Gasteiger partial charge on any atom is -0.480 e. The molecule has 0 aromatic rings. The zero-order chi connectivity index (χ0) is 17.5. The molecule has 2 saturated carbocycles. The van der Waals surface area contributed by atoms with Gasteiger partial charge in [0.25, 0.3) is 0 Å². The second kappa shape index (κ2) is 6.56. The Morgan fingerprint density at radius 3 is 2.29 bits per heavy atom. The summed E-state index contributed by atoms with van der Waals surface area (Å²) in [6, 6.07) is -0.739. The fraction of sp³-hybridized carbons (Fsp3) is 0.882. The molecule has 1 heterocycles. The number of amides is 1. The molecule has 136 valence electrons. The van der Waals surface area contributed by atoms with Crippen molar-refractivity contribution >= 4 is 11.9 Å². The van der Waals surface area contributed by atoms with Gasteiger partial charge in [-0.3, -0.25) is 4.79 Å². The average molecular weight is 347 g/mol. The molecule has 0 aromatic carbocycles. The number of carboxylic acids is 1. The molecular formula is C17H24F3NO3. The van der Waals surface area contributed by atoms with Crippen LogP contribution in [0.25, 0.3) is 0 Å². The van der Waals surface area contributed by atoms with Gasteiger partial charge in [0, 0.05) is 13.0 Å². The number of rotatable bonds is 3. The van der Waals surface area contributed by atoms with Crippen LogP contribution in [0.3, 0.4) is 0 Å². The number of likely N-dealkylation sites (tertiary alicyclic amines) is 1. The number of aliphatic carboxylic acids is 1. The lowest BCUT2D eigenvalue weighted by molar-refractivity contribution is -0.184. The van der Waals surface area contributed by atoms with E-state index in [0.717, 1.165) is 19.3 Å². The van der Waals surface area contributed by atoms with Crippen molar-refractivity contribution in [2.75, 3.05) is 6.54 Å². The lowest BCUT2D eigenvalue weighted by atomic mass is 9.80. The van der Waals surface area contributed by atoms with E-state index in [-0.39, 0.29) is 42.9 Å². The fourth-order valence-corrected chi connectivity index (χ4v) is 4.94. The van der Waals surface area contributed by atoms with Crippen molar-refractivity contribution in [1.29, 1.82) is 0 Å². The molecule has 0 bridgehead atoms. The van der Waals surface area contributed by atoms with E-state index in [9.17, 15) is 27.9 Å². The summed E-state index contributed by atoms with van der Waals surface area (Å²) in [5.74, 6) is -2.11. The van der Waals surface area contributed by atoms with Gasteiger partial charge in [-0.2, -0.15) is 13.2 Å². The van der Waals surface area contributed by atoms with E-state index in [0.29, 0.717) is 19.4 Å². The van der Waals surface area contributed by atoms with E-state index in [1.54, 1.807) is 0 Å². The molecule has 0 aromatic heterocycles. The predicted octanol–water partition coefficient (Wildman–Crippen LogP) is 3.46.